The van der Waals surface area contributed by atoms with Crippen molar-refractivity contribution in [3.05, 3.63) is 52.0 Å². The number of primary amides is 1. The fraction of sp³-hybridized carbons (Fsp3) is 0.188. The average molecular weight is 346 g/mol. The Balaban J connectivity index is 1.94. The van der Waals surface area contributed by atoms with Crippen LogP contribution in [-0.2, 0) is 6.42 Å². The Kier molecular flexibility index (Phi) is 3.84. The molecule has 0 saturated carbocycles. The van der Waals surface area contributed by atoms with Gasteiger partial charge in [-0.1, -0.05) is 6.07 Å². The Hall–Kier alpha value is -2.01. The number of amides is 1. The van der Waals surface area contributed by atoms with Crippen LogP contribution in [0.4, 0.5) is 17.1 Å². The van der Waals surface area contributed by atoms with E-state index in [1.807, 2.05) is 24.3 Å². The van der Waals surface area contributed by atoms with Gasteiger partial charge in [0.15, 0.2) is 0 Å². The van der Waals surface area contributed by atoms with Crippen LogP contribution in [0.2, 0.25) is 0 Å². The number of halogens is 1. The van der Waals surface area contributed by atoms with Crippen molar-refractivity contribution < 1.29 is 4.79 Å². The van der Waals surface area contributed by atoms with Crippen LogP contribution in [0.3, 0.4) is 0 Å². The molecule has 1 aliphatic rings. The maximum absolute atomic E-state index is 11.6. The monoisotopic (exact) mass is 345 g/mol. The van der Waals surface area contributed by atoms with Crippen molar-refractivity contribution in [1.82, 2.24) is 0 Å². The predicted molar refractivity (Wildman–Crippen MR) is 89.2 cm³/mol. The molecule has 0 unspecified atom stereocenters. The molecular weight excluding hydrogens is 330 g/mol. The summed E-state index contributed by atoms with van der Waals surface area (Å²) in [4.78, 5) is 11.6. The number of hydrogen-bond donors (Lipinski definition) is 3. The van der Waals surface area contributed by atoms with Gasteiger partial charge in [-0.15, -0.1) is 0 Å². The topological polar surface area (TPSA) is 67.2 Å². The van der Waals surface area contributed by atoms with Gasteiger partial charge in [-0.25, -0.2) is 0 Å². The van der Waals surface area contributed by atoms with Gasteiger partial charge in [0, 0.05) is 22.4 Å². The average Bonchev–Trinajstić information content (AvgIpc) is 2.47. The van der Waals surface area contributed by atoms with Crippen LogP contribution in [0.25, 0.3) is 0 Å². The van der Waals surface area contributed by atoms with Gasteiger partial charge in [0.1, 0.15) is 0 Å². The molecule has 0 aromatic heterocycles. The molecule has 1 aliphatic heterocycles. The summed E-state index contributed by atoms with van der Waals surface area (Å²) in [6.07, 6.45) is 2.21. The van der Waals surface area contributed by atoms with E-state index in [-0.39, 0.29) is 0 Å². The van der Waals surface area contributed by atoms with Gasteiger partial charge in [-0.3, -0.25) is 4.79 Å². The number of benzene rings is 2. The molecule has 0 fully saturated rings. The lowest BCUT2D eigenvalue weighted by Gasteiger charge is -2.19. The zero-order valence-corrected chi connectivity index (χ0v) is 13.0. The van der Waals surface area contributed by atoms with Crippen LogP contribution in [0.1, 0.15) is 22.3 Å². The molecule has 1 amide bonds. The molecule has 0 saturated heterocycles. The summed E-state index contributed by atoms with van der Waals surface area (Å²) in [6, 6.07) is 11.7. The van der Waals surface area contributed by atoms with E-state index in [0.29, 0.717) is 15.7 Å². The molecule has 0 spiro atoms. The van der Waals surface area contributed by atoms with Gasteiger partial charge < -0.3 is 16.4 Å². The molecule has 21 heavy (non-hydrogen) atoms. The molecule has 5 heteroatoms. The molecule has 108 valence electrons. The van der Waals surface area contributed by atoms with Crippen LogP contribution in [0, 0.1) is 0 Å². The summed E-state index contributed by atoms with van der Waals surface area (Å²) in [6.45, 7) is 1.03. The maximum atomic E-state index is 11.6. The highest BCUT2D eigenvalue weighted by Crippen LogP contribution is 2.30. The standard InChI is InChI=1S/C16H16BrN3O/c17-12-4-1-5-14(15(12)16(18)21)20-11-6-7-13-10(9-11)3-2-8-19-13/h1,4-7,9,19-20H,2-3,8H2,(H2,18,21). The van der Waals surface area contributed by atoms with Gasteiger partial charge in [-0.05, 0) is 64.7 Å². The summed E-state index contributed by atoms with van der Waals surface area (Å²) < 4.78 is 0.694. The molecule has 0 bridgehead atoms. The van der Waals surface area contributed by atoms with Gasteiger partial charge in [0.05, 0.1) is 11.3 Å². The van der Waals surface area contributed by atoms with Gasteiger partial charge in [-0.2, -0.15) is 0 Å². The first-order chi connectivity index (χ1) is 10.1. The highest BCUT2D eigenvalue weighted by molar-refractivity contribution is 9.10. The van der Waals surface area contributed by atoms with Crippen LogP contribution >= 0.6 is 15.9 Å². The zero-order chi connectivity index (χ0) is 14.8. The van der Waals surface area contributed by atoms with E-state index in [0.717, 1.165) is 25.1 Å². The minimum Gasteiger partial charge on any atom is -0.385 e. The van der Waals surface area contributed by atoms with Crippen LogP contribution in [-0.4, -0.2) is 12.5 Å². The molecule has 2 aromatic carbocycles. The van der Waals surface area contributed by atoms with Crippen LogP contribution < -0.4 is 16.4 Å². The third-order valence-electron chi connectivity index (χ3n) is 3.58. The third-order valence-corrected chi connectivity index (χ3v) is 4.24. The lowest BCUT2D eigenvalue weighted by molar-refractivity contribution is 0.100. The highest BCUT2D eigenvalue weighted by atomic mass is 79.9. The minimum absolute atomic E-state index is 0.454. The molecule has 3 rings (SSSR count). The number of carbonyl (C=O) groups is 1. The van der Waals surface area contributed by atoms with E-state index in [1.54, 1.807) is 0 Å². The number of rotatable bonds is 3. The molecule has 0 radical (unpaired) electrons. The molecule has 4 nitrogen and oxygen atoms in total. The van der Waals surface area contributed by atoms with E-state index in [1.165, 1.54) is 11.3 Å². The molecule has 4 N–H and O–H groups in total. The largest absolute Gasteiger partial charge is 0.385 e. The summed E-state index contributed by atoms with van der Waals surface area (Å²) in [5, 5.41) is 6.67. The van der Waals surface area contributed by atoms with Crippen molar-refractivity contribution >= 4 is 38.9 Å². The SMILES string of the molecule is NC(=O)c1c(Br)cccc1Nc1ccc2c(c1)CCCN2. The number of hydrogen-bond acceptors (Lipinski definition) is 3. The van der Waals surface area contributed by atoms with E-state index < -0.39 is 5.91 Å². The van der Waals surface area contributed by atoms with E-state index in [2.05, 4.69) is 38.7 Å². The Morgan fingerprint density at radius 2 is 2.14 bits per heavy atom. The second-order valence-electron chi connectivity index (χ2n) is 5.05. The minimum atomic E-state index is -0.454. The molecule has 2 aromatic rings. The second-order valence-corrected chi connectivity index (χ2v) is 5.91. The first-order valence-electron chi connectivity index (χ1n) is 6.87. The zero-order valence-electron chi connectivity index (χ0n) is 11.4. The second kappa shape index (κ2) is 5.77. The molecule has 0 aliphatic carbocycles. The van der Waals surface area contributed by atoms with Crippen molar-refractivity contribution in [2.45, 2.75) is 12.8 Å². The van der Waals surface area contributed by atoms with Crippen molar-refractivity contribution in [2.24, 2.45) is 5.73 Å². The Bertz CT molecular complexity index is 700. The highest BCUT2D eigenvalue weighted by Gasteiger charge is 2.13. The molecule has 0 atom stereocenters. The summed E-state index contributed by atoms with van der Waals surface area (Å²) in [5.74, 6) is -0.454. The number of aryl methyl sites for hydroxylation is 1. The summed E-state index contributed by atoms with van der Waals surface area (Å²) in [7, 11) is 0. The Morgan fingerprint density at radius 1 is 1.29 bits per heavy atom. The maximum Gasteiger partial charge on any atom is 0.251 e. The first kappa shape index (κ1) is 13.9. The lowest BCUT2D eigenvalue weighted by atomic mass is 10.0. The fourth-order valence-electron chi connectivity index (χ4n) is 2.59. The predicted octanol–water partition coefficient (Wildman–Crippen LogP) is 3.65. The Morgan fingerprint density at radius 3 is 2.95 bits per heavy atom. The number of carbonyl (C=O) groups excluding carboxylic acids is 1. The van der Waals surface area contributed by atoms with Crippen molar-refractivity contribution in [1.29, 1.82) is 0 Å². The van der Waals surface area contributed by atoms with Gasteiger partial charge in [0.2, 0.25) is 0 Å². The first-order valence-corrected chi connectivity index (χ1v) is 7.66. The quantitative estimate of drug-likeness (QED) is 0.795. The number of nitrogens with one attached hydrogen (secondary N) is 2. The van der Waals surface area contributed by atoms with Crippen LogP contribution in [0.15, 0.2) is 40.9 Å². The van der Waals surface area contributed by atoms with E-state index in [4.69, 9.17) is 5.73 Å². The molecular formula is C16H16BrN3O. The summed E-state index contributed by atoms with van der Waals surface area (Å²) >= 11 is 3.37. The van der Waals surface area contributed by atoms with Crippen molar-refractivity contribution in [2.75, 3.05) is 17.2 Å². The van der Waals surface area contributed by atoms with Crippen LogP contribution in [0.5, 0.6) is 0 Å². The fourth-order valence-corrected chi connectivity index (χ4v) is 3.15. The van der Waals surface area contributed by atoms with Gasteiger partial charge in [0.25, 0.3) is 5.91 Å². The smallest absolute Gasteiger partial charge is 0.251 e. The third kappa shape index (κ3) is 2.88. The van der Waals surface area contributed by atoms with E-state index >= 15 is 0 Å². The normalized spacial score (nSPS) is 13.2. The summed E-state index contributed by atoms with van der Waals surface area (Å²) in [5.41, 5.74) is 10.1. The van der Waals surface area contributed by atoms with Crippen molar-refractivity contribution in [3.63, 3.8) is 0 Å². The number of anilines is 3. The molecule has 1 heterocycles. The van der Waals surface area contributed by atoms with E-state index in [9.17, 15) is 4.79 Å². The number of fused-ring (bicyclic) bond motifs is 1. The number of nitrogens with two attached hydrogens (primary N) is 1. The van der Waals surface area contributed by atoms with Gasteiger partial charge >= 0.3 is 0 Å². The Labute approximate surface area is 131 Å². The lowest BCUT2D eigenvalue weighted by Crippen LogP contribution is -2.14. The van der Waals surface area contributed by atoms with Crippen molar-refractivity contribution in [3.8, 4) is 0 Å².